The van der Waals surface area contributed by atoms with Crippen molar-refractivity contribution >= 4 is 5.97 Å². The van der Waals surface area contributed by atoms with Crippen molar-refractivity contribution in [1.29, 1.82) is 0 Å². The third-order valence-corrected chi connectivity index (χ3v) is 2.55. The van der Waals surface area contributed by atoms with Gasteiger partial charge >= 0.3 is 5.97 Å². The van der Waals surface area contributed by atoms with Crippen LogP contribution in [0.1, 0.15) is 44.5 Å². The predicted molar refractivity (Wildman–Crippen MR) is 60.3 cm³/mol. The predicted octanol–water partition coefficient (Wildman–Crippen LogP) is 1.66. The van der Waals surface area contributed by atoms with Gasteiger partial charge in [-0.3, -0.25) is 4.79 Å². The maximum absolute atomic E-state index is 10.6. The van der Waals surface area contributed by atoms with Crippen LogP contribution in [0.3, 0.4) is 0 Å². The Hall–Kier alpha value is -1.39. The number of aryl methyl sites for hydroxylation is 1. The lowest BCUT2D eigenvalue weighted by Crippen LogP contribution is -2.07. The molecule has 0 saturated carbocycles. The molecule has 1 rings (SSSR count). The second-order valence-corrected chi connectivity index (χ2v) is 3.84. The van der Waals surface area contributed by atoms with Crippen molar-refractivity contribution in [2.45, 2.75) is 52.5 Å². The number of aromatic nitrogens is 3. The average molecular weight is 225 g/mol. The third kappa shape index (κ3) is 3.32. The first kappa shape index (κ1) is 12.7. The van der Waals surface area contributed by atoms with Gasteiger partial charge in [0.1, 0.15) is 0 Å². The van der Waals surface area contributed by atoms with Gasteiger partial charge in [-0.2, -0.15) is 0 Å². The molecular formula is C11H19N3O2. The van der Waals surface area contributed by atoms with Gasteiger partial charge in [0.2, 0.25) is 0 Å². The van der Waals surface area contributed by atoms with E-state index < -0.39 is 5.97 Å². The summed E-state index contributed by atoms with van der Waals surface area (Å²) in [6, 6.07) is 0. The quantitative estimate of drug-likeness (QED) is 0.716. The molecule has 16 heavy (non-hydrogen) atoms. The normalized spacial score (nSPS) is 10.6. The molecule has 1 aromatic rings. The number of hydrogen-bond donors (Lipinski definition) is 1. The highest BCUT2D eigenvalue weighted by molar-refractivity contribution is 5.69. The molecule has 0 atom stereocenters. The maximum Gasteiger partial charge on any atom is 0.309 e. The van der Waals surface area contributed by atoms with Crippen LogP contribution in [0.2, 0.25) is 0 Å². The molecule has 0 aliphatic carbocycles. The monoisotopic (exact) mass is 225 g/mol. The summed E-state index contributed by atoms with van der Waals surface area (Å²) < 4.78 is 1.84. The van der Waals surface area contributed by atoms with Crippen molar-refractivity contribution in [3.63, 3.8) is 0 Å². The maximum atomic E-state index is 10.6. The number of nitrogens with zero attached hydrogens (tertiary/aromatic N) is 3. The van der Waals surface area contributed by atoms with Gasteiger partial charge in [0.05, 0.1) is 17.8 Å². The largest absolute Gasteiger partial charge is 0.481 e. The summed E-state index contributed by atoms with van der Waals surface area (Å²) in [6.07, 6.45) is 4.15. The van der Waals surface area contributed by atoms with Crippen molar-refractivity contribution in [3.8, 4) is 0 Å². The number of rotatable bonds is 7. The second-order valence-electron chi connectivity index (χ2n) is 3.84. The molecule has 0 amide bonds. The van der Waals surface area contributed by atoms with Crippen LogP contribution in [0, 0.1) is 0 Å². The van der Waals surface area contributed by atoms with Crippen molar-refractivity contribution < 1.29 is 9.90 Å². The number of carboxylic acid groups (broad SMARTS) is 1. The van der Waals surface area contributed by atoms with Gasteiger partial charge in [0.15, 0.2) is 0 Å². The van der Waals surface area contributed by atoms with Gasteiger partial charge in [-0.15, -0.1) is 5.10 Å². The Morgan fingerprint density at radius 2 is 2.12 bits per heavy atom. The van der Waals surface area contributed by atoms with Gasteiger partial charge in [-0.1, -0.05) is 31.9 Å². The summed E-state index contributed by atoms with van der Waals surface area (Å²) in [6.45, 7) is 4.99. The lowest BCUT2D eigenvalue weighted by Gasteiger charge is -2.04. The lowest BCUT2D eigenvalue weighted by atomic mass is 10.2. The number of carbonyl (C=O) groups is 1. The smallest absolute Gasteiger partial charge is 0.309 e. The molecule has 0 spiro atoms. The number of unbranched alkanes of at least 4 members (excludes halogenated alkanes) is 2. The van der Waals surface area contributed by atoms with Crippen molar-refractivity contribution in [2.24, 2.45) is 0 Å². The molecule has 0 aliphatic rings. The minimum atomic E-state index is -0.852. The van der Waals surface area contributed by atoms with Crippen LogP contribution < -0.4 is 0 Å². The molecule has 0 saturated heterocycles. The molecule has 0 aliphatic heterocycles. The SMILES string of the molecule is CCCCCn1nnc(CC(=O)O)c1CC. The molecular weight excluding hydrogens is 206 g/mol. The zero-order valence-corrected chi connectivity index (χ0v) is 9.94. The Bertz CT molecular complexity index is 347. The average Bonchev–Trinajstić information content (AvgIpc) is 2.60. The van der Waals surface area contributed by atoms with E-state index in [0.717, 1.165) is 37.9 Å². The molecule has 5 nitrogen and oxygen atoms in total. The Morgan fingerprint density at radius 3 is 2.69 bits per heavy atom. The first-order valence-corrected chi connectivity index (χ1v) is 5.82. The summed E-state index contributed by atoms with van der Waals surface area (Å²) in [5, 5.41) is 16.7. The van der Waals surface area contributed by atoms with Gasteiger partial charge in [0.25, 0.3) is 0 Å². The highest BCUT2D eigenvalue weighted by atomic mass is 16.4. The van der Waals surface area contributed by atoms with Gasteiger partial charge in [-0.25, -0.2) is 4.68 Å². The van der Waals surface area contributed by atoms with E-state index >= 15 is 0 Å². The van der Waals surface area contributed by atoms with Crippen molar-refractivity contribution in [2.75, 3.05) is 0 Å². The van der Waals surface area contributed by atoms with E-state index in [1.54, 1.807) is 0 Å². The topological polar surface area (TPSA) is 68.0 Å². The molecule has 0 aromatic carbocycles. The van der Waals surface area contributed by atoms with Crippen molar-refractivity contribution in [1.82, 2.24) is 15.0 Å². The van der Waals surface area contributed by atoms with E-state index in [2.05, 4.69) is 17.2 Å². The Balaban J connectivity index is 2.69. The first-order chi connectivity index (χ1) is 7.69. The summed E-state index contributed by atoms with van der Waals surface area (Å²) in [5.41, 5.74) is 1.56. The highest BCUT2D eigenvalue weighted by Crippen LogP contribution is 2.09. The highest BCUT2D eigenvalue weighted by Gasteiger charge is 2.13. The Morgan fingerprint density at radius 1 is 1.38 bits per heavy atom. The molecule has 0 bridgehead atoms. The molecule has 0 radical (unpaired) electrons. The van der Waals surface area contributed by atoms with Crippen LogP contribution in [0.4, 0.5) is 0 Å². The first-order valence-electron chi connectivity index (χ1n) is 5.82. The number of carboxylic acids is 1. The minimum absolute atomic E-state index is 0.0308. The van der Waals surface area contributed by atoms with Gasteiger partial charge < -0.3 is 5.11 Å². The van der Waals surface area contributed by atoms with E-state index in [4.69, 9.17) is 5.11 Å². The zero-order valence-electron chi connectivity index (χ0n) is 9.94. The lowest BCUT2D eigenvalue weighted by molar-refractivity contribution is -0.136. The van der Waals surface area contributed by atoms with E-state index in [1.165, 1.54) is 0 Å². The van der Waals surface area contributed by atoms with E-state index in [1.807, 2.05) is 11.6 Å². The molecule has 1 aromatic heterocycles. The van der Waals surface area contributed by atoms with Crippen LogP contribution in [0.25, 0.3) is 0 Å². The second kappa shape index (κ2) is 6.25. The molecule has 1 heterocycles. The molecule has 0 unspecified atom stereocenters. The van der Waals surface area contributed by atoms with Crippen LogP contribution >= 0.6 is 0 Å². The fourth-order valence-corrected chi connectivity index (χ4v) is 1.73. The standard InChI is InChI=1S/C11H19N3O2/c1-3-5-6-7-14-10(4-2)9(12-13-14)8-11(15)16/h3-8H2,1-2H3,(H,15,16). The number of aliphatic carboxylic acids is 1. The fourth-order valence-electron chi connectivity index (χ4n) is 1.73. The zero-order chi connectivity index (χ0) is 12.0. The number of hydrogen-bond acceptors (Lipinski definition) is 3. The summed E-state index contributed by atoms with van der Waals surface area (Å²) in [4.78, 5) is 10.6. The third-order valence-electron chi connectivity index (χ3n) is 2.55. The van der Waals surface area contributed by atoms with Gasteiger partial charge in [-0.05, 0) is 12.8 Å². The van der Waals surface area contributed by atoms with E-state index in [0.29, 0.717) is 5.69 Å². The van der Waals surface area contributed by atoms with Gasteiger partial charge in [0, 0.05) is 6.54 Å². The summed E-state index contributed by atoms with van der Waals surface area (Å²) >= 11 is 0. The minimum Gasteiger partial charge on any atom is -0.481 e. The van der Waals surface area contributed by atoms with E-state index in [-0.39, 0.29) is 6.42 Å². The van der Waals surface area contributed by atoms with Crippen LogP contribution in [-0.2, 0) is 24.2 Å². The Labute approximate surface area is 95.5 Å². The van der Waals surface area contributed by atoms with E-state index in [9.17, 15) is 4.79 Å². The van der Waals surface area contributed by atoms with Crippen molar-refractivity contribution in [3.05, 3.63) is 11.4 Å². The van der Waals surface area contributed by atoms with Crippen LogP contribution in [0.15, 0.2) is 0 Å². The molecule has 5 heteroatoms. The van der Waals surface area contributed by atoms with Crippen LogP contribution in [-0.4, -0.2) is 26.1 Å². The molecule has 90 valence electrons. The summed E-state index contributed by atoms with van der Waals surface area (Å²) in [5.74, 6) is -0.852. The fraction of sp³-hybridized carbons (Fsp3) is 0.727. The Kier molecular flexibility index (Phi) is 4.95. The molecule has 0 fully saturated rings. The summed E-state index contributed by atoms with van der Waals surface area (Å²) in [7, 11) is 0. The van der Waals surface area contributed by atoms with Crippen LogP contribution in [0.5, 0.6) is 0 Å². The molecule has 1 N–H and O–H groups in total.